The number of nitrogens with two attached hydrogens (primary N) is 1. The fourth-order valence-electron chi connectivity index (χ4n) is 3.33. The number of aryl methyl sites for hydroxylation is 1. The van der Waals surface area contributed by atoms with Gasteiger partial charge in [-0.3, -0.25) is 14.7 Å². The summed E-state index contributed by atoms with van der Waals surface area (Å²) in [5.41, 5.74) is 8.11. The van der Waals surface area contributed by atoms with Crippen LogP contribution in [-0.4, -0.2) is 60.9 Å². The van der Waals surface area contributed by atoms with Crippen molar-refractivity contribution in [2.75, 3.05) is 44.6 Å². The molecule has 1 aliphatic heterocycles. The van der Waals surface area contributed by atoms with Crippen LogP contribution in [0.5, 0.6) is 0 Å². The summed E-state index contributed by atoms with van der Waals surface area (Å²) < 4.78 is 0. The summed E-state index contributed by atoms with van der Waals surface area (Å²) in [6.07, 6.45) is 3.38. The van der Waals surface area contributed by atoms with Gasteiger partial charge >= 0.3 is 0 Å². The van der Waals surface area contributed by atoms with Crippen molar-refractivity contribution in [2.24, 2.45) is 16.6 Å². The molecule has 1 aliphatic carbocycles. The molecule has 144 valence electrons. The van der Waals surface area contributed by atoms with Crippen molar-refractivity contribution in [3.63, 3.8) is 0 Å². The summed E-state index contributed by atoms with van der Waals surface area (Å²) in [6, 6.07) is 8.07. The van der Waals surface area contributed by atoms with Crippen LogP contribution in [-0.2, 0) is 4.79 Å². The van der Waals surface area contributed by atoms with Crippen LogP contribution in [0.2, 0.25) is 0 Å². The molecule has 1 aromatic carbocycles. The molecule has 6 nitrogen and oxygen atoms in total. The number of guanidine groups is 1. The molecular weight excluding hydrogens is 441 g/mol. The van der Waals surface area contributed by atoms with E-state index in [4.69, 9.17) is 5.73 Å². The van der Waals surface area contributed by atoms with Gasteiger partial charge in [0.15, 0.2) is 5.96 Å². The lowest BCUT2D eigenvalue weighted by Gasteiger charge is -2.38. The second-order valence-electron chi connectivity index (χ2n) is 7.06. The van der Waals surface area contributed by atoms with E-state index in [0.717, 1.165) is 51.3 Å². The quantitative estimate of drug-likeness (QED) is 0.393. The van der Waals surface area contributed by atoms with Gasteiger partial charge in [0.1, 0.15) is 0 Å². The van der Waals surface area contributed by atoms with E-state index in [1.807, 2.05) is 36.1 Å². The lowest BCUT2D eigenvalue weighted by Crippen LogP contribution is -2.51. The summed E-state index contributed by atoms with van der Waals surface area (Å²) in [6.45, 7) is 7.14. The second-order valence-corrected chi connectivity index (χ2v) is 7.06. The van der Waals surface area contributed by atoms with Crippen LogP contribution in [0.15, 0.2) is 29.3 Å². The minimum atomic E-state index is 0. The van der Waals surface area contributed by atoms with Crippen LogP contribution < -0.4 is 11.1 Å². The number of carbonyl (C=O) groups excluding carboxylic acids is 1. The smallest absolute Gasteiger partial charge is 0.225 e. The van der Waals surface area contributed by atoms with E-state index in [0.29, 0.717) is 24.3 Å². The van der Waals surface area contributed by atoms with Gasteiger partial charge in [0.2, 0.25) is 5.91 Å². The topological polar surface area (TPSA) is 74.0 Å². The van der Waals surface area contributed by atoms with Crippen LogP contribution in [0.3, 0.4) is 0 Å². The SMILES string of the molecule is Cc1cccc(NC(N)=NCCN2CCN(C(=O)C3CCC3)CC2)c1.I. The van der Waals surface area contributed by atoms with Gasteiger partial charge in [-0.2, -0.15) is 0 Å². The molecule has 0 unspecified atom stereocenters. The number of nitrogens with zero attached hydrogens (tertiary/aromatic N) is 3. The van der Waals surface area contributed by atoms with Gasteiger partial charge in [0, 0.05) is 44.3 Å². The Hall–Kier alpha value is -1.35. The number of anilines is 1. The van der Waals surface area contributed by atoms with Gasteiger partial charge in [-0.05, 0) is 37.5 Å². The predicted octanol–water partition coefficient (Wildman–Crippen LogP) is 2.28. The third kappa shape index (κ3) is 5.84. The van der Waals surface area contributed by atoms with Crippen molar-refractivity contribution in [3.8, 4) is 0 Å². The highest BCUT2D eigenvalue weighted by molar-refractivity contribution is 14.0. The molecule has 2 aliphatic rings. The normalized spacial score (nSPS) is 18.8. The average molecular weight is 471 g/mol. The Bertz CT molecular complexity index is 624. The van der Waals surface area contributed by atoms with Gasteiger partial charge < -0.3 is 16.0 Å². The van der Waals surface area contributed by atoms with E-state index in [2.05, 4.69) is 15.2 Å². The molecule has 0 atom stereocenters. The number of rotatable bonds is 5. The van der Waals surface area contributed by atoms with Gasteiger partial charge in [0.25, 0.3) is 0 Å². The molecule has 1 heterocycles. The standard InChI is InChI=1S/C19H29N5O.HI/c1-15-4-2-7-17(14-15)22-19(20)21-8-9-23-10-12-24(13-11-23)18(25)16-5-3-6-16;/h2,4,7,14,16H,3,5-6,8-13H2,1H3,(H3,20,21,22);1H. The maximum atomic E-state index is 12.2. The van der Waals surface area contributed by atoms with Crippen LogP contribution in [0.4, 0.5) is 5.69 Å². The predicted molar refractivity (Wildman–Crippen MR) is 117 cm³/mol. The Kier molecular flexibility index (Phi) is 8.15. The third-order valence-electron chi connectivity index (χ3n) is 5.13. The largest absolute Gasteiger partial charge is 0.370 e. The summed E-state index contributed by atoms with van der Waals surface area (Å²) in [5.74, 6) is 1.13. The fraction of sp³-hybridized carbons (Fsp3) is 0.579. The first-order valence-electron chi connectivity index (χ1n) is 9.26. The molecule has 3 N–H and O–H groups in total. The molecule has 2 fully saturated rings. The molecule has 1 amide bonds. The molecule has 0 aromatic heterocycles. The maximum absolute atomic E-state index is 12.2. The highest BCUT2D eigenvalue weighted by Crippen LogP contribution is 2.28. The van der Waals surface area contributed by atoms with Gasteiger partial charge in [0.05, 0.1) is 6.54 Å². The van der Waals surface area contributed by atoms with Crippen LogP contribution in [0, 0.1) is 12.8 Å². The van der Waals surface area contributed by atoms with E-state index in [9.17, 15) is 4.79 Å². The maximum Gasteiger partial charge on any atom is 0.225 e. The minimum Gasteiger partial charge on any atom is -0.370 e. The Morgan fingerprint density at radius 2 is 2.00 bits per heavy atom. The molecule has 0 bridgehead atoms. The number of aliphatic imine (C=N–C) groups is 1. The summed E-state index contributed by atoms with van der Waals surface area (Å²) in [4.78, 5) is 21.1. The van der Waals surface area contributed by atoms with Crippen LogP contribution in [0.1, 0.15) is 24.8 Å². The lowest BCUT2D eigenvalue weighted by molar-refractivity contribution is -0.139. The van der Waals surface area contributed by atoms with Crippen LogP contribution in [0.25, 0.3) is 0 Å². The zero-order valence-corrected chi connectivity index (χ0v) is 17.8. The van der Waals surface area contributed by atoms with E-state index >= 15 is 0 Å². The van der Waals surface area contributed by atoms with Crippen molar-refractivity contribution in [1.82, 2.24) is 9.80 Å². The van der Waals surface area contributed by atoms with Crippen molar-refractivity contribution in [3.05, 3.63) is 29.8 Å². The number of nitrogens with one attached hydrogen (secondary N) is 1. The Balaban J connectivity index is 0.00000243. The highest BCUT2D eigenvalue weighted by atomic mass is 127. The number of halogens is 1. The van der Waals surface area contributed by atoms with Crippen molar-refractivity contribution in [2.45, 2.75) is 26.2 Å². The zero-order valence-electron chi connectivity index (χ0n) is 15.5. The monoisotopic (exact) mass is 471 g/mol. The molecule has 0 radical (unpaired) electrons. The van der Waals surface area contributed by atoms with E-state index in [1.165, 1.54) is 12.0 Å². The zero-order chi connectivity index (χ0) is 17.6. The Labute approximate surface area is 173 Å². The highest BCUT2D eigenvalue weighted by Gasteiger charge is 2.30. The summed E-state index contributed by atoms with van der Waals surface area (Å²) in [5, 5.41) is 3.12. The third-order valence-corrected chi connectivity index (χ3v) is 5.13. The van der Waals surface area contributed by atoms with Crippen LogP contribution >= 0.6 is 24.0 Å². The van der Waals surface area contributed by atoms with Crippen molar-refractivity contribution in [1.29, 1.82) is 0 Å². The van der Waals surface area contributed by atoms with E-state index in [1.54, 1.807) is 0 Å². The molecule has 26 heavy (non-hydrogen) atoms. The molecular formula is C19H30IN5O. The molecule has 1 aromatic rings. The summed E-state index contributed by atoms with van der Waals surface area (Å²) >= 11 is 0. The van der Waals surface area contributed by atoms with E-state index in [-0.39, 0.29) is 24.0 Å². The minimum absolute atomic E-state index is 0. The Morgan fingerprint density at radius 3 is 2.62 bits per heavy atom. The molecule has 7 heteroatoms. The Morgan fingerprint density at radius 1 is 1.27 bits per heavy atom. The molecule has 0 spiro atoms. The first-order chi connectivity index (χ1) is 12.1. The second kappa shape index (κ2) is 10.1. The fourth-order valence-corrected chi connectivity index (χ4v) is 3.33. The van der Waals surface area contributed by atoms with Gasteiger partial charge in [-0.25, -0.2) is 0 Å². The first kappa shape index (κ1) is 21.0. The van der Waals surface area contributed by atoms with Crippen molar-refractivity contribution < 1.29 is 4.79 Å². The number of benzene rings is 1. The number of piperazine rings is 1. The number of amides is 1. The van der Waals surface area contributed by atoms with Crippen molar-refractivity contribution >= 4 is 41.5 Å². The average Bonchev–Trinajstić information content (AvgIpc) is 2.54. The van der Waals surface area contributed by atoms with Gasteiger partial charge in [-0.15, -0.1) is 24.0 Å². The number of hydrogen-bond acceptors (Lipinski definition) is 3. The number of carbonyl (C=O) groups is 1. The summed E-state index contributed by atoms with van der Waals surface area (Å²) in [7, 11) is 0. The van der Waals surface area contributed by atoms with Gasteiger partial charge in [-0.1, -0.05) is 18.6 Å². The molecule has 3 rings (SSSR count). The first-order valence-corrected chi connectivity index (χ1v) is 9.26. The molecule has 1 saturated carbocycles. The molecule has 1 saturated heterocycles. The number of hydrogen-bond donors (Lipinski definition) is 2. The lowest BCUT2D eigenvalue weighted by atomic mass is 9.84. The van der Waals surface area contributed by atoms with E-state index < -0.39 is 0 Å².